The summed E-state index contributed by atoms with van der Waals surface area (Å²) in [4.78, 5) is 14.6. The van der Waals surface area contributed by atoms with E-state index in [0.29, 0.717) is 6.42 Å². The smallest absolute Gasteiger partial charge is 0.220 e. The van der Waals surface area contributed by atoms with Gasteiger partial charge in [0.15, 0.2) is 0 Å². The normalized spacial score (nSPS) is 18.7. The molecule has 0 aliphatic carbocycles. The molecule has 1 unspecified atom stereocenters. The number of aryl methyl sites for hydroxylation is 3. The first-order valence-corrected chi connectivity index (χ1v) is 9.00. The third kappa shape index (κ3) is 5.79. The molecule has 1 aromatic rings. The lowest BCUT2D eigenvalue weighted by atomic mass is 9.96. The Morgan fingerprint density at radius 3 is 3.00 bits per heavy atom. The van der Waals surface area contributed by atoms with Crippen LogP contribution >= 0.6 is 11.3 Å². The molecule has 1 amide bonds. The van der Waals surface area contributed by atoms with E-state index in [1.54, 1.807) is 0 Å². The summed E-state index contributed by atoms with van der Waals surface area (Å²) < 4.78 is 0. The molecule has 1 saturated heterocycles. The fourth-order valence-corrected chi connectivity index (χ4v) is 4.02. The van der Waals surface area contributed by atoms with Gasteiger partial charge in [-0.2, -0.15) is 0 Å². The largest absolute Gasteiger partial charge is 0.356 e. The van der Waals surface area contributed by atoms with Crippen molar-refractivity contribution in [2.24, 2.45) is 5.92 Å². The maximum Gasteiger partial charge on any atom is 0.220 e. The minimum absolute atomic E-state index is 0.211. The minimum Gasteiger partial charge on any atom is -0.356 e. The molecule has 1 fully saturated rings. The number of rotatable bonds is 7. The number of carbonyl (C=O) groups excluding carboxylic acids is 1. The van der Waals surface area contributed by atoms with E-state index in [9.17, 15) is 4.79 Å². The summed E-state index contributed by atoms with van der Waals surface area (Å²) in [6, 6.07) is 2.26. The summed E-state index contributed by atoms with van der Waals surface area (Å²) in [5.41, 5.74) is 1.42. The molecule has 118 valence electrons. The fraction of sp³-hybridized carbons (Fsp3) is 0.706. The van der Waals surface area contributed by atoms with E-state index in [0.717, 1.165) is 44.8 Å². The molecule has 1 aliphatic rings. The number of carbonyl (C=O) groups is 1. The molecule has 2 N–H and O–H groups in total. The van der Waals surface area contributed by atoms with Gasteiger partial charge < -0.3 is 10.6 Å². The Kier molecular flexibility index (Phi) is 6.71. The van der Waals surface area contributed by atoms with Gasteiger partial charge in [0.25, 0.3) is 0 Å². The van der Waals surface area contributed by atoms with Crippen LogP contribution in [0.3, 0.4) is 0 Å². The van der Waals surface area contributed by atoms with E-state index in [4.69, 9.17) is 0 Å². The third-order valence-electron chi connectivity index (χ3n) is 4.27. The lowest BCUT2D eigenvalue weighted by Crippen LogP contribution is -2.33. The molecular formula is C17H28N2OS. The maximum atomic E-state index is 11.8. The number of nitrogens with one attached hydrogen (secondary N) is 2. The molecule has 0 aromatic carbocycles. The lowest BCUT2D eigenvalue weighted by Gasteiger charge is -2.22. The Labute approximate surface area is 132 Å². The summed E-state index contributed by atoms with van der Waals surface area (Å²) in [5.74, 6) is 0.957. The Balaban J connectivity index is 1.56. The fourth-order valence-electron chi connectivity index (χ4n) is 3.05. The molecule has 4 heteroatoms. The number of amides is 1. The van der Waals surface area contributed by atoms with Crippen LogP contribution in [0.4, 0.5) is 0 Å². The molecule has 0 radical (unpaired) electrons. The zero-order valence-corrected chi connectivity index (χ0v) is 14.2. The number of thiophene rings is 1. The predicted octanol–water partition coefficient (Wildman–Crippen LogP) is 3.19. The van der Waals surface area contributed by atoms with Gasteiger partial charge in [0.1, 0.15) is 0 Å². The molecule has 2 rings (SSSR count). The second kappa shape index (κ2) is 8.54. The van der Waals surface area contributed by atoms with Crippen molar-refractivity contribution in [1.82, 2.24) is 10.6 Å². The first-order chi connectivity index (χ1) is 10.1. The molecule has 0 spiro atoms. The van der Waals surface area contributed by atoms with Crippen molar-refractivity contribution in [2.45, 2.75) is 52.4 Å². The number of piperidine rings is 1. The van der Waals surface area contributed by atoms with E-state index in [2.05, 4.69) is 30.5 Å². The summed E-state index contributed by atoms with van der Waals surface area (Å²) in [6.07, 6.45) is 6.32. The third-order valence-corrected chi connectivity index (χ3v) is 5.28. The van der Waals surface area contributed by atoms with E-state index in [1.807, 2.05) is 11.3 Å². The van der Waals surface area contributed by atoms with Crippen molar-refractivity contribution in [1.29, 1.82) is 0 Å². The van der Waals surface area contributed by atoms with Gasteiger partial charge in [-0.1, -0.05) is 0 Å². The van der Waals surface area contributed by atoms with Crippen molar-refractivity contribution in [3.8, 4) is 0 Å². The van der Waals surface area contributed by atoms with Gasteiger partial charge in [-0.3, -0.25) is 4.79 Å². The summed E-state index contributed by atoms with van der Waals surface area (Å²) in [7, 11) is 0. The van der Waals surface area contributed by atoms with Crippen molar-refractivity contribution in [3.63, 3.8) is 0 Å². The Morgan fingerprint density at radius 2 is 2.33 bits per heavy atom. The average Bonchev–Trinajstić information content (AvgIpc) is 2.78. The molecule has 1 aliphatic heterocycles. The lowest BCUT2D eigenvalue weighted by molar-refractivity contribution is -0.121. The Morgan fingerprint density at radius 1 is 1.48 bits per heavy atom. The predicted molar refractivity (Wildman–Crippen MR) is 90.0 cm³/mol. The number of hydrogen-bond donors (Lipinski definition) is 2. The van der Waals surface area contributed by atoms with Crippen LogP contribution in [0, 0.1) is 19.8 Å². The molecule has 0 bridgehead atoms. The summed E-state index contributed by atoms with van der Waals surface area (Å²) in [6.45, 7) is 7.43. The van der Waals surface area contributed by atoms with E-state index in [1.165, 1.54) is 28.2 Å². The van der Waals surface area contributed by atoms with E-state index >= 15 is 0 Å². The molecular weight excluding hydrogens is 280 g/mol. The van der Waals surface area contributed by atoms with Crippen LogP contribution in [0.15, 0.2) is 6.07 Å². The van der Waals surface area contributed by atoms with E-state index < -0.39 is 0 Å². The van der Waals surface area contributed by atoms with Crippen LogP contribution in [0.5, 0.6) is 0 Å². The zero-order valence-electron chi connectivity index (χ0n) is 13.3. The standard InChI is InChI=1S/C17H28N2OS/c1-13-11-16(14(2)21-13)6-3-7-17(20)19-10-8-15-5-4-9-18-12-15/h11,15,18H,3-10,12H2,1-2H3,(H,19,20). The maximum absolute atomic E-state index is 11.8. The Hall–Kier alpha value is -0.870. The highest BCUT2D eigenvalue weighted by molar-refractivity contribution is 7.12. The van der Waals surface area contributed by atoms with Crippen LogP contribution in [0.25, 0.3) is 0 Å². The van der Waals surface area contributed by atoms with Crippen molar-refractivity contribution < 1.29 is 4.79 Å². The second-order valence-corrected chi connectivity index (χ2v) is 7.60. The van der Waals surface area contributed by atoms with Gasteiger partial charge in [-0.05, 0) is 76.6 Å². The highest BCUT2D eigenvalue weighted by atomic mass is 32.1. The quantitative estimate of drug-likeness (QED) is 0.812. The van der Waals surface area contributed by atoms with Crippen LogP contribution in [0.2, 0.25) is 0 Å². The molecule has 0 saturated carbocycles. The summed E-state index contributed by atoms with van der Waals surface area (Å²) in [5, 5.41) is 6.49. The summed E-state index contributed by atoms with van der Waals surface area (Å²) >= 11 is 1.85. The van der Waals surface area contributed by atoms with Gasteiger partial charge in [-0.15, -0.1) is 11.3 Å². The van der Waals surface area contributed by atoms with Crippen LogP contribution in [-0.4, -0.2) is 25.5 Å². The minimum atomic E-state index is 0.211. The van der Waals surface area contributed by atoms with Gasteiger partial charge in [0.05, 0.1) is 0 Å². The zero-order chi connectivity index (χ0) is 15.1. The molecule has 3 nitrogen and oxygen atoms in total. The highest BCUT2D eigenvalue weighted by Gasteiger charge is 2.12. The van der Waals surface area contributed by atoms with Gasteiger partial charge in [0, 0.05) is 22.7 Å². The average molecular weight is 308 g/mol. The first-order valence-electron chi connectivity index (χ1n) is 8.18. The van der Waals surface area contributed by atoms with Crippen LogP contribution in [0.1, 0.15) is 47.4 Å². The van der Waals surface area contributed by atoms with Crippen molar-refractivity contribution >= 4 is 17.2 Å². The van der Waals surface area contributed by atoms with Crippen LogP contribution in [-0.2, 0) is 11.2 Å². The number of hydrogen-bond acceptors (Lipinski definition) is 3. The topological polar surface area (TPSA) is 41.1 Å². The second-order valence-electron chi connectivity index (χ2n) is 6.14. The van der Waals surface area contributed by atoms with Gasteiger partial charge in [-0.25, -0.2) is 0 Å². The molecule has 1 atom stereocenters. The van der Waals surface area contributed by atoms with Crippen LogP contribution < -0.4 is 10.6 Å². The monoisotopic (exact) mass is 308 g/mol. The van der Waals surface area contributed by atoms with Gasteiger partial charge in [0.2, 0.25) is 5.91 Å². The van der Waals surface area contributed by atoms with E-state index in [-0.39, 0.29) is 5.91 Å². The highest BCUT2D eigenvalue weighted by Crippen LogP contribution is 2.22. The molecule has 2 heterocycles. The van der Waals surface area contributed by atoms with Crippen molar-refractivity contribution in [2.75, 3.05) is 19.6 Å². The Bertz CT molecular complexity index is 450. The molecule has 1 aromatic heterocycles. The molecule has 21 heavy (non-hydrogen) atoms. The first kappa shape index (κ1) is 16.5. The van der Waals surface area contributed by atoms with Gasteiger partial charge >= 0.3 is 0 Å². The van der Waals surface area contributed by atoms with Crippen molar-refractivity contribution in [3.05, 3.63) is 21.4 Å². The SMILES string of the molecule is Cc1cc(CCCC(=O)NCCC2CCCNC2)c(C)s1.